The summed E-state index contributed by atoms with van der Waals surface area (Å²) in [7, 11) is 0. The van der Waals surface area contributed by atoms with E-state index in [1.54, 1.807) is 21.9 Å². The lowest BCUT2D eigenvalue weighted by Crippen LogP contribution is -2.52. The van der Waals surface area contributed by atoms with Crippen molar-refractivity contribution in [3.63, 3.8) is 0 Å². The normalized spacial score (nSPS) is 14.5. The van der Waals surface area contributed by atoms with Crippen molar-refractivity contribution in [2.45, 2.75) is 20.3 Å². The SMILES string of the molecule is CCCN(CC(=O)O)CC(=O)N1CCN(c2ccc(C(C)=O)cc2F)CC1. The van der Waals surface area contributed by atoms with Crippen LogP contribution in [0.3, 0.4) is 0 Å². The topological polar surface area (TPSA) is 81.2 Å². The molecule has 1 saturated heterocycles. The Hall–Kier alpha value is -2.48. The summed E-state index contributed by atoms with van der Waals surface area (Å²) in [4.78, 5) is 39.9. The zero-order valence-electron chi connectivity index (χ0n) is 15.8. The van der Waals surface area contributed by atoms with Gasteiger partial charge < -0.3 is 14.9 Å². The largest absolute Gasteiger partial charge is 0.480 e. The molecular formula is C19H26FN3O4. The molecule has 0 spiro atoms. The van der Waals surface area contributed by atoms with Gasteiger partial charge in [-0.2, -0.15) is 0 Å². The van der Waals surface area contributed by atoms with Gasteiger partial charge in [0, 0.05) is 31.7 Å². The van der Waals surface area contributed by atoms with Crippen molar-refractivity contribution >= 4 is 23.3 Å². The van der Waals surface area contributed by atoms with Crippen molar-refractivity contribution in [1.82, 2.24) is 9.80 Å². The Morgan fingerprint density at radius 3 is 2.33 bits per heavy atom. The van der Waals surface area contributed by atoms with Crippen LogP contribution in [-0.4, -0.2) is 78.4 Å². The maximum atomic E-state index is 14.3. The summed E-state index contributed by atoms with van der Waals surface area (Å²) in [5.74, 6) is -1.70. The highest BCUT2D eigenvalue weighted by atomic mass is 19.1. The highest BCUT2D eigenvalue weighted by Crippen LogP contribution is 2.22. The first-order valence-corrected chi connectivity index (χ1v) is 9.09. The van der Waals surface area contributed by atoms with Gasteiger partial charge in [0.15, 0.2) is 5.78 Å². The van der Waals surface area contributed by atoms with Crippen molar-refractivity contribution in [2.24, 2.45) is 0 Å². The quantitative estimate of drug-likeness (QED) is 0.689. The van der Waals surface area contributed by atoms with Crippen LogP contribution in [-0.2, 0) is 9.59 Å². The predicted octanol–water partition coefficient (Wildman–Crippen LogP) is 1.47. The molecule has 1 aliphatic rings. The van der Waals surface area contributed by atoms with Gasteiger partial charge in [0.25, 0.3) is 0 Å². The number of aliphatic carboxylic acids is 1. The number of nitrogens with zero attached hydrogens (tertiary/aromatic N) is 3. The number of amides is 1. The monoisotopic (exact) mass is 379 g/mol. The van der Waals surface area contributed by atoms with Crippen LogP contribution in [0.5, 0.6) is 0 Å². The molecule has 0 atom stereocenters. The fourth-order valence-electron chi connectivity index (χ4n) is 3.19. The van der Waals surface area contributed by atoms with Gasteiger partial charge in [-0.05, 0) is 38.1 Å². The number of rotatable bonds is 8. The lowest BCUT2D eigenvalue weighted by Gasteiger charge is -2.37. The van der Waals surface area contributed by atoms with E-state index in [-0.39, 0.29) is 24.8 Å². The number of carbonyl (C=O) groups is 3. The second-order valence-corrected chi connectivity index (χ2v) is 6.69. The number of anilines is 1. The number of ketones is 1. The number of carboxylic acid groups (broad SMARTS) is 1. The Bertz CT molecular complexity index is 702. The van der Waals surface area contributed by atoms with Crippen LogP contribution in [0.4, 0.5) is 10.1 Å². The maximum Gasteiger partial charge on any atom is 0.317 e. The Morgan fingerprint density at radius 2 is 1.81 bits per heavy atom. The molecule has 0 bridgehead atoms. The fourth-order valence-corrected chi connectivity index (χ4v) is 3.19. The molecule has 0 saturated carbocycles. The van der Waals surface area contributed by atoms with Crippen LogP contribution in [0.1, 0.15) is 30.6 Å². The summed E-state index contributed by atoms with van der Waals surface area (Å²) in [6, 6.07) is 4.44. The zero-order valence-corrected chi connectivity index (χ0v) is 15.8. The van der Waals surface area contributed by atoms with E-state index in [1.807, 2.05) is 11.8 Å². The van der Waals surface area contributed by atoms with Crippen LogP contribution >= 0.6 is 0 Å². The minimum absolute atomic E-state index is 0.0712. The van der Waals surface area contributed by atoms with E-state index in [4.69, 9.17) is 5.11 Å². The molecule has 0 radical (unpaired) electrons. The van der Waals surface area contributed by atoms with Gasteiger partial charge in [-0.1, -0.05) is 6.92 Å². The van der Waals surface area contributed by atoms with Crippen molar-refractivity contribution in [1.29, 1.82) is 0 Å². The summed E-state index contributed by atoms with van der Waals surface area (Å²) >= 11 is 0. The molecule has 1 N–H and O–H groups in total. The van der Waals surface area contributed by atoms with Gasteiger partial charge in [0.2, 0.25) is 5.91 Å². The number of hydrogen-bond acceptors (Lipinski definition) is 5. The molecule has 7 nitrogen and oxygen atoms in total. The molecule has 1 aromatic rings. The molecule has 2 rings (SSSR count). The molecule has 1 aliphatic heterocycles. The number of Topliss-reactive ketones (excluding diaryl/α,β-unsaturated/α-hetero) is 1. The summed E-state index contributed by atoms with van der Waals surface area (Å²) in [6.07, 6.45) is 0.768. The number of piperazine rings is 1. The Morgan fingerprint density at radius 1 is 1.15 bits per heavy atom. The second kappa shape index (κ2) is 9.45. The first-order chi connectivity index (χ1) is 12.8. The summed E-state index contributed by atoms with van der Waals surface area (Å²) < 4.78 is 14.3. The summed E-state index contributed by atoms with van der Waals surface area (Å²) in [5, 5.41) is 8.94. The molecule has 0 unspecified atom stereocenters. The van der Waals surface area contributed by atoms with Gasteiger partial charge in [0.1, 0.15) is 5.82 Å². The van der Waals surface area contributed by atoms with Crippen molar-refractivity contribution < 1.29 is 23.9 Å². The Labute approximate surface area is 158 Å². The van der Waals surface area contributed by atoms with Crippen molar-refractivity contribution in [2.75, 3.05) is 50.7 Å². The average Bonchev–Trinajstić information content (AvgIpc) is 2.61. The second-order valence-electron chi connectivity index (χ2n) is 6.69. The standard InChI is InChI=1S/C19H26FN3O4/c1-3-6-21(13-19(26)27)12-18(25)23-9-7-22(8-10-23)17-5-4-15(14(2)24)11-16(17)20/h4-5,11H,3,6-10,12-13H2,1-2H3,(H,26,27). The zero-order chi connectivity index (χ0) is 20.0. The smallest absolute Gasteiger partial charge is 0.317 e. The molecule has 0 aromatic heterocycles. The number of hydrogen-bond donors (Lipinski definition) is 1. The molecule has 1 aromatic carbocycles. The van der Waals surface area contributed by atoms with E-state index >= 15 is 0 Å². The third kappa shape index (κ3) is 5.75. The lowest BCUT2D eigenvalue weighted by atomic mass is 10.1. The minimum atomic E-state index is -0.953. The molecule has 0 aliphatic carbocycles. The molecule has 1 amide bonds. The predicted molar refractivity (Wildman–Crippen MR) is 99.6 cm³/mol. The van der Waals surface area contributed by atoms with Crippen molar-refractivity contribution in [3.8, 4) is 0 Å². The highest BCUT2D eigenvalue weighted by Gasteiger charge is 2.24. The number of benzene rings is 1. The van der Waals surface area contributed by atoms with Crippen LogP contribution in [0.25, 0.3) is 0 Å². The van der Waals surface area contributed by atoms with Crippen LogP contribution in [0.15, 0.2) is 18.2 Å². The highest BCUT2D eigenvalue weighted by molar-refractivity contribution is 5.94. The summed E-state index contributed by atoms with van der Waals surface area (Å²) in [6.45, 7) is 5.64. The molecule has 1 heterocycles. The molecular weight excluding hydrogens is 353 g/mol. The number of halogens is 1. The fraction of sp³-hybridized carbons (Fsp3) is 0.526. The lowest BCUT2D eigenvalue weighted by molar-refractivity contribution is -0.139. The van der Waals surface area contributed by atoms with Crippen molar-refractivity contribution in [3.05, 3.63) is 29.6 Å². The van der Waals surface area contributed by atoms with E-state index in [9.17, 15) is 18.8 Å². The Balaban J connectivity index is 1.93. The van der Waals surface area contributed by atoms with E-state index in [0.717, 1.165) is 6.42 Å². The van der Waals surface area contributed by atoms with Gasteiger partial charge in [-0.25, -0.2) is 4.39 Å². The van der Waals surface area contributed by atoms with Gasteiger partial charge in [-0.15, -0.1) is 0 Å². The van der Waals surface area contributed by atoms with Crippen LogP contribution < -0.4 is 4.90 Å². The van der Waals surface area contributed by atoms with Gasteiger partial charge in [0.05, 0.1) is 18.8 Å². The van der Waals surface area contributed by atoms with Crippen LogP contribution in [0, 0.1) is 5.82 Å². The number of carbonyl (C=O) groups excluding carboxylic acids is 2. The van der Waals surface area contributed by atoms with Crippen LogP contribution in [0.2, 0.25) is 0 Å². The van der Waals surface area contributed by atoms with E-state index < -0.39 is 11.8 Å². The minimum Gasteiger partial charge on any atom is -0.480 e. The number of carboxylic acids is 1. The van der Waals surface area contributed by atoms with E-state index in [0.29, 0.717) is 44.0 Å². The first-order valence-electron chi connectivity index (χ1n) is 9.09. The molecule has 27 heavy (non-hydrogen) atoms. The molecule has 1 fully saturated rings. The van der Waals surface area contributed by atoms with Gasteiger partial charge in [-0.3, -0.25) is 19.3 Å². The van der Waals surface area contributed by atoms with E-state index in [2.05, 4.69) is 0 Å². The molecule has 148 valence electrons. The molecule has 8 heteroatoms. The van der Waals surface area contributed by atoms with E-state index in [1.165, 1.54) is 13.0 Å². The van der Waals surface area contributed by atoms with Gasteiger partial charge >= 0.3 is 5.97 Å². The third-order valence-corrected chi connectivity index (χ3v) is 4.58. The first kappa shape index (κ1) is 20.8. The summed E-state index contributed by atoms with van der Waals surface area (Å²) in [5.41, 5.74) is 0.755. The maximum absolute atomic E-state index is 14.3. The average molecular weight is 379 g/mol. The Kier molecular flexibility index (Phi) is 7.29. The third-order valence-electron chi connectivity index (χ3n) is 4.58.